The van der Waals surface area contributed by atoms with Crippen LogP contribution in [0.3, 0.4) is 0 Å². The highest BCUT2D eigenvalue weighted by Gasteiger charge is 2.22. The molecule has 1 heterocycles. The summed E-state index contributed by atoms with van der Waals surface area (Å²) in [4.78, 5) is 40.7. The number of nitrogens with one attached hydrogen (secondary N) is 1. The number of aromatic carboxylic acids is 1. The lowest BCUT2D eigenvalue weighted by Gasteiger charge is -2.18. The highest BCUT2D eigenvalue weighted by atomic mass is 16.4. The molecule has 0 saturated heterocycles. The minimum atomic E-state index is -0.979. The molecule has 1 aromatic heterocycles. The topological polar surface area (TPSA) is 95.4 Å². The molecule has 0 spiro atoms. The van der Waals surface area contributed by atoms with E-state index in [0.29, 0.717) is 17.6 Å². The van der Waals surface area contributed by atoms with E-state index in [9.17, 15) is 14.4 Å². The molecule has 1 aliphatic rings. The van der Waals surface area contributed by atoms with Crippen molar-refractivity contribution in [3.63, 3.8) is 0 Å². The highest BCUT2D eigenvalue weighted by Crippen LogP contribution is 2.30. The van der Waals surface area contributed by atoms with Gasteiger partial charge in [-0.05, 0) is 48.7 Å². The van der Waals surface area contributed by atoms with E-state index in [2.05, 4.69) is 4.98 Å². The first-order valence-electron chi connectivity index (χ1n) is 9.76. The molecule has 29 heavy (non-hydrogen) atoms. The number of carbonyl (C=O) groups excluding carboxylic acids is 1. The van der Waals surface area contributed by atoms with Crippen LogP contribution in [0.2, 0.25) is 0 Å². The number of aromatic nitrogens is 2. The third kappa shape index (κ3) is 3.68. The number of imidazole rings is 1. The van der Waals surface area contributed by atoms with E-state index in [1.165, 1.54) is 12.1 Å². The van der Waals surface area contributed by atoms with Crippen LogP contribution in [0, 0.1) is 0 Å². The molecule has 1 saturated carbocycles. The monoisotopic (exact) mass is 393 g/mol. The molecule has 1 aliphatic carbocycles. The van der Waals surface area contributed by atoms with E-state index >= 15 is 0 Å². The number of fused-ring (bicyclic) bond motifs is 1. The second kappa shape index (κ2) is 7.58. The Kier molecular flexibility index (Phi) is 4.96. The predicted molar refractivity (Wildman–Crippen MR) is 109 cm³/mol. The standard InChI is InChI=1S/C22H23N3O4/c1-24(13-14-6-8-15(9-7-14)21(27)28)20(26)16-10-11-19-18(12-16)23-22(29)25(19)17-4-2-3-5-17/h6-12,17H,2-5,13H2,1H3,(H,23,29)(H,27,28). The Bertz CT molecular complexity index is 1120. The van der Waals surface area contributed by atoms with Crippen LogP contribution in [0.4, 0.5) is 0 Å². The van der Waals surface area contributed by atoms with Crippen LogP contribution in [-0.4, -0.2) is 38.5 Å². The maximum atomic E-state index is 12.8. The van der Waals surface area contributed by atoms with Gasteiger partial charge in [-0.1, -0.05) is 25.0 Å². The molecular weight excluding hydrogens is 370 g/mol. The van der Waals surface area contributed by atoms with Gasteiger partial charge in [0.05, 0.1) is 16.6 Å². The van der Waals surface area contributed by atoms with E-state index in [-0.39, 0.29) is 23.2 Å². The lowest BCUT2D eigenvalue weighted by Crippen LogP contribution is -2.26. The Balaban J connectivity index is 1.54. The van der Waals surface area contributed by atoms with Gasteiger partial charge < -0.3 is 15.0 Å². The summed E-state index contributed by atoms with van der Waals surface area (Å²) in [7, 11) is 1.70. The van der Waals surface area contributed by atoms with E-state index in [1.807, 2.05) is 10.6 Å². The third-order valence-electron chi connectivity index (χ3n) is 5.62. The minimum absolute atomic E-state index is 0.122. The Morgan fingerprint density at radius 2 is 1.76 bits per heavy atom. The van der Waals surface area contributed by atoms with Crippen molar-refractivity contribution < 1.29 is 14.7 Å². The number of carboxylic acids is 1. The number of hydrogen-bond donors (Lipinski definition) is 2. The van der Waals surface area contributed by atoms with Crippen molar-refractivity contribution in [3.8, 4) is 0 Å². The summed E-state index contributed by atoms with van der Waals surface area (Å²) in [6.07, 6.45) is 4.30. The fraction of sp³-hybridized carbons (Fsp3) is 0.318. The number of benzene rings is 2. The van der Waals surface area contributed by atoms with Crippen LogP contribution < -0.4 is 5.69 Å². The number of rotatable bonds is 5. The second-order valence-electron chi connectivity index (χ2n) is 7.63. The summed E-state index contributed by atoms with van der Waals surface area (Å²) in [6, 6.07) is 12.0. The average molecular weight is 393 g/mol. The molecule has 150 valence electrons. The van der Waals surface area contributed by atoms with Crippen molar-refractivity contribution in [2.24, 2.45) is 0 Å². The smallest absolute Gasteiger partial charge is 0.335 e. The summed E-state index contributed by atoms with van der Waals surface area (Å²) in [6.45, 7) is 0.358. The quantitative estimate of drug-likeness (QED) is 0.694. The zero-order valence-corrected chi connectivity index (χ0v) is 16.2. The van der Waals surface area contributed by atoms with Crippen LogP contribution in [0.25, 0.3) is 11.0 Å². The van der Waals surface area contributed by atoms with Gasteiger partial charge in [-0.3, -0.25) is 9.36 Å². The molecule has 0 aliphatic heterocycles. The lowest BCUT2D eigenvalue weighted by molar-refractivity contribution is 0.0695. The van der Waals surface area contributed by atoms with Crippen LogP contribution >= 0.6 is 0 Å². The van der Waals surface area contributed by atoms with Crippen LogP contribution in [0.5, 0.6) is 0 Å². The number of hydrogen-bond acceptors (Lipinski definition) is 3. The first-order chi connectivity index (χ1) is 13.9. The largest absolute Gasteiger partial charge is 0.478 e. The van der Waals surface area contributed by atoms with E-state index in [1.54, 1.807) is 36.2 Å². The molecule has 7 nitrogen and oxygen atoms in total. The minimum Gasteiger partial charge on any atom is -0.478 e. The summed E-state index contributed by atoms with van der Waals surface area (Å²) in [5.74, 6) is -1.14. The Morgan fingerprint density at radius 3 is 2.41 bits per heavy atom. The van der Waals surface area contributed by atoms with Crippen LogP contribution in [0.1, 0.15) is 58.0 Å². The maximum Gasteiger partial charge on any atom is 0.335 e. The zero-order chi connectivity index (χ0) is 20.5. The normalized spacial score (nSPS) is 14.4. The van der Waals surface area contributed by atoms with E-state index in [4.69, 9.17) is 5.11 Å². The van der Waals surface area contributed by atoms with E-state index in [0.717, 1.165) is 36.8 Å². The molecule has 0 atom stereocenters. The molecule has 2 N–H and O–H groups in total. The lowest BCUT2D eigenvalue weighted by atomic mass is 10.1. The Labute approximate surface area is 167 Å². The van der Waals surface area contributed by atoms with Gasteiger partial charge in [-0.15, -0.1) is 0 Å². The second-order valence-corrected chi connectivity index (χ2v) is 7.63. The summed E-state index contributed by atoms with van der Waals surface area (Å²) < 4.78 is 1.82. The van der Waals surface area contributed by atoms with Gasteiger partial charge in [0.2, 0.25) is 0 Å². The van der Waals surface area contributed by atoms with Gasteiger partial charge in [-0.25, -0.2) is 9.59 Å². The van der Waals surface area contributed by atoms with Crippen molar-refractivity contribution in [1.82, 2.24) is 14.5 Å². The summed E-state index contributed by atoms with van der Waals surface area (Å²) in [5.41, 5.74) is 2.94. The molecular formula is C22H23N3O4. The van der Waals surface area contributed by atoms with Crippen molar-refractivity contribution in [2.45, 2.75) is 38.3 Å². The third-order valence-corrected chi connectivity index (χ3v) is 5.62. The fourth-order valence-corrected chi connectivity index (χ4v) is 4.11. The number of amides is 1. The molecule has 2 aromatic carbocycles. The van der Waals surface area contributed by atoms with Gasteiger partial charge >= 0.3 is 11.7 Å². The number of carboxylic acid groups (broad SMARTS) is 1. The van der Waals surface area contributed by atoms with Gasteiger partial charge in [0.15, 0.2) is 0 Å². The Morgan fingerprint density at radius 1 is 1.10 bits per heavy atom. The highest BCUT2D eigenvalue weighted by molar-refractivity contribution is 5.97. The van der Waals surface area contributed by atoms with Crippen molar-refractivity contribution in [3.05, 3.63) is 69.6 Å². The van der Waals surface area contributed by atoms with Crippen molar-refractivity contribution >= 4 is 22.9 Å². The first kappa shape index (κ1) is 19.0. The number of H-pyrrole nitrogens is 1. The molecule has 7 heteroatoms. The van der Waals surface area contributed by atoms with Crippen LogP contribution in [-0.2, 0) is 6.54 Å². The molecule has 1 fully saturated rings. The molecule has 3 aromatic rings. The number of carbonyl (C=O) groups is 2. The van der Waals surface area contributed by atoms with Gasteiger partial charge in [0.1, 0.15) is 0 Å². The van der Waals surface area contributed by atoms with Gasteiger partial charge in [0.25, 0.3) is 5.91 Å². The average Bonchev–Trinajstić information content (AvgIpc) is 3.33. The summed E-state index contributed by atoms with van der Waals surface area (Å²) in [5, 5.41) is 8.98. The molecule has 0 radical (unpaired) electrons. The van der Waals surface area contributed by atoms with Gasteiger partial charge in [0, 0.05) is 25.2 Å². The number of nitrogens with zero attached hydrogens (tertiary/aromatic N) is 2. The van der Waals surface area contributed by atoms with Crippen molar-refractivity contribution in [2.75, 3.05) is 7.05 Å². The molecule has 0 bridgehead atoms. The molecule has 0 unspecified atom stereocenters. The molecule has 4 rings (SSSR count). The predicted octanol–water partition coefficient (Wildman–Crippen LogP) is 3.42. The molecule has 1 amide bonds. The van der Waals surface area contributed by atoms with Gasteiger partial charge in [-0.2, -0.15) is 0 Å². The Hall–Kier alpha value is -3.35. The maximum absolute atomic E-state index is 12.8. The number of aromatic amines is 1. The summed E-state index contributed by atoms with van der Waals surface area (Å²) >= 11 is 0. The zero-order valence-electron chi connectivity index (χ0n) is 16.2. The van der Waals surface area contributed by atoms with Crippen molar-refractivity contribution in [1.29, 1.82) is 0 Å². The van der Waals surface area contributed by atoms with Crippen LogP contribution in [0.15, 0.2) is 47.3 Å². The van der Waals surface area contributed by atoms with E-state index < -0.39 is 5.97 Å². The SMILES string of the molecule is CN(Cc1ccc(C(=O)O)cc1)C(=O)c1ccc2c(c1)[nH]c(=O)n2C1CCCC1. The first-order valence-corrected chi connectivity index (χ1v) is 9.76. The fourth-order valence-electron chi connectivity index (χ4n) is 4.11.